The summed E-state index contributed by atoms with van der Waals surface area (Å²) in [4.78, 5) is 24.3. The van der Waals surface area contributed by atoms with Crippen molar-refractivity contribution in [2.45, 2.75) is 26.8 Å². The maximum atomic E-state index is 12.2. The fraction of sp³-hybridized carbons (Fsp3) is 0.217. The number of benzene rings is 3. The van der Waals surface area contributed by atoms with Gasteiger partial charge in [-0.05, 0) is 43.2 Å². The third-order valence-electron chi connectivity index (χ3n) is 4.85. The molecule has 5 heteroatoms. The number of rotatable bonds is 5. The first-order chi connectivity index (χ1) is 13.4. The molecule has 3 amide bonds. The van der Waals surface area contributed by atoms with Crippen molar-refractivity contribution >= 4 is 28.4 Å². The highest BCUT2D eigenvalue weighted by atomic mass is 16.2. The molecular weight excluding hydrogens is 350 g/mol. The number of hydrogen-bond donors (Lipinski definition) is 3. The van der Waals surface area contributed by atoms with E-state index in [1.807, 2.05) is 55.6 Å². The lowest BCUT2D eigenvalue weighted by atomic mass is 10.00. The third kappa shape index (κ3) is 4.75. The lowest BCUT2D eigenvalue weighted by molar-refractivity contribution is -0.682. The van der Waals surface area contributed by atoms with Gasteiger partial charge < -0.3 is 10.6 Å². The Hall–Kier alpha value is -3.18. The number of nitrogens with one attached hydrogen (secondary N) is 2. The van der Waals surface area contributed by atoms with E-state index in [0.29, 0.717) is 5.69 Å². The lowest BCUT2D eigenvalue weighted by Gasteiger charge is -2.14. The lowest BCUT2D eigenvalue weighted by Crippen LogP contribution is -2.87. The summed E-state index contributed by atoms with van der Waals surface area (Å²) in [5.74, 6) is -0.325. The van der Waals surface area contributed by atoms with Gasteiger partial charge >= 0.3 is 6.03 Å². The van der Waals surface area contributed by atoms with Crippen molar-refractivity contribution in [1.82, 2.24) is 5.32 Å². The van der Waals surface area contributed by atoms with Crippen LogP contribution in [0.25, 0.3) is 10.8 Å². The Labute approximate surface area is 165 Å². The van der Waals surface area contributed by atoms with E-state index in [0.717, 1.165) is 11.1 Å². The second kappa shape index (κ2) is 8.67. The number of carbonyl (C=O) groups excluding carboxylic acids is 2. The number of imide groups is 1. The minimum Gasteiger partial charge on any atom is -0.332 e. The van der Waals surface area contributed by atoms with Gasteiger partial charge in [0.2, 0.25) is 0 Å². The monoisotopic (exact) mass is 376 g/mol. The summed E-state index contributed by atoms with van der Waals surface area (Å²) in [5.41, 5.74) is 3.95. The maximum Gasteiger partial charge on any atom is 0.326 e. The van der Waals surface area contributed by atoms with Gasteiger partial charge in [-0.25, -0.2) is 4.79 Å². The zero-order valence-electron chi connectivity index (χ0n) is 16.5. The van der Waals surface area contributed by atoms with Crippen molar-refractivity contribution in [1.29, 1.82) is 0 Å². The molecule has 0 heterocycles. The minimum absolute atomic E-state index is 0.0965. The fourth-order valence-corrected chi connectivity index (χ4v) is 3.34. The van der Waals surface area contributed by atoms with Crippen molar-refractivity contribution in [3.05, 3.63) is 77.4 Å². The molecule has 0 fully saturated rings. The van der Waals surface area contributed by atoms with Gasteiger partial charge in [-0.3, -0.25) is 10.1 Å². The van der Waals surface area contributed by atoms with E-state index < -0.39 is 6.03 Å². The predicted molar refractivity (Wildman–Crippen MR) is 112 cm³/mol. The Bertz CT molecular complexity index is 1010. The Morgan fingerprint density at radius 3 is 2.54 bits per heavy atom. The number of fused-ring (bicyclic) bond motifs is 1. The molecule has 28 heavy (non-hydrogen) atoms. The number of urea groups is 1. The Kier molecular flexibility index (Phi) is 6.06. The van der Waals surface area contributed by atoms with Gasteiger partial charge in [-0.2, -0.15) is 0 Å². The van der Waals surface area contributed by atoms with E-state index >= 15 is 0 Å². The van der Waals surface area contributed by atoms with E-state index in [-0.39, 0.29) is 18.5 Å². The van der Waals surface area contributed by atoms with E-state index in [2.05, 4.69) is 41.8 Å². The quantitative estimate of drug-likeness (QED) is 0.638. The Morgan fingerprint density at radius 2 is 1.75 bits per heavy atom. The van der Waals surface area contributed by atoms with Crippen LogP contribution in [0.5, 0.6) is 0 Å². The first-order valence-electron chi connectivity index (χ1n) is 9.43. The number of carbonyl (C=O) groups is 2. The summed E-state index contributed by atoms with van der Waals surface area (Å²) in [6, 6.07) is 19.7. The maximum absolute atomic E-state index is 12.2. The van der Waals surface area contributed by atoms with Crippen LogP contribution < -0.4 is 16.0 Å². The van der Waals surface area contributed by atoms with Gasteiger partial charge in [-0.1, -0.05) is 60.2 Å². The molecule has 3 aromatic rings. The van der Waals surface area contributed by atoms with Crippen LogP contribution >= 0.6 is 0 Å². The second-order valence-corrected chi connectivity index (χ2v) is 7.12. The highest BCUT2D eigenvalue weighted by molar-refractivity contribution is 6.01. The standard InChI is InChI=1S/C23H25N3O2/c1-15-11-12-21(16(2)13-15)25-23(28)26-22(27)14-24-17(3)19-10-6-8-18-7-4-5-9-20(18)19/h4-13,17,24H,14H2,1-3H3,(H2,25,26,27,28)/p+1/t17-/m0/s1. The summed E-state index contributed by atoms with van der Waals surface area (Å²) in [5, 5.41) is 9.41. The van der Waals surface area contributed by atoms with Crippen LogP contribution in [0.4, 0.5) is 10.5 Å². The SMILES string of the molecule is Cc1ccc(NC(=O)NC(=O)C[NH2+][C@@H](C)c2cccc3ccccc23)c(C)c1. The number of anilines is 1. The van der Waals surface area contributed by atoms with Crippen LogP contribution in [-0.2, 0) is 4.79 Å². The van der Waals surface area contributed by atoms with Crippen molar-refractivity contribution in [3.63, 3.8) is 0 Å². The summed E-state index contributed by atoms with van der Waals surface area (Å²) in [7, 11) is 0. The van der Waals surface area contributed by atoms with E-state index in [1.165, 1.54) is 16.3 Å². The molecule has 0 aromatic heterocycles. The molecule has 144 valence electrons. The third-order valence-corrected chi connectivity index (χ3v) is 4.85. The zero-order valence-corrected chi connectivity index (χ0v) is 16.5. The van der Waals surface area contributed by atoms with E-state index in [1.54, 1.807) is 0 Å². The molecule has 0 saturated heterocycles. The molecule has 0 radical (unpaired) electrons. The average molecular weight is 376 g/mol. The smallest absolute Gasteiger partial charge is 0.326 e. The van der Waals surface area contributed by atoms with Crippen LogP contribution in [0.15, 0.2) is 60.7 Å². The van der Waals surface area contributed by atoms with E-state index in [9.17, 15) is 9.59 Å². The van der Waals surface area contributed by atoms with Gasteiger partial charge in [0.05, 0.1) is 0 Å². The van der Waals surface area contributed by atoms with Crippen LogP contribution in [0.3, 0.4) is 0 Å². The molecule has 0 saturated carbocycles. The highest BCUT2D eigenvalue weighted by Crippen LogP contribution is 2.22. The number of aryl methyl sites for hydroxylation is 2. The molecule has 1 atom stereocenters. The summed E-state index contributed by atoms with van der Waals surface area (Å²) >= 11 is 0. The molecular formula is C23H26N3O2+. The zero-order chi connectivity index (χ0) is 20.1. The first kappa shape index (κ1) is 19.6. The second-order valence-electron chi connectivity index (χ2n) is 7.12. The molecule has 0 aliphatic carbocycles. The van der Waals surface area contributed by atoms with Crippen LogP contribution in [0.1, 0.15) is 29.7 Å². The molecule has 4 N–H and O–H groups in total. The molecule has 3 rings (SSSR count). The summed E-state index contributed by atoms with van der Waals surface area (Å²) in [6.07, 6.45) is 0. The molecule has 0 spiro atoms. The molecule has 3 aromatic carbocycles. The number of quaternary nitrogens is 1. The van der Waals surface area contributed by atoms with Gasteiger partial charge in [0.1, 0.15) is 6.04 Å². The predicted octanol–water partition coefficient (Wildman–Crippen LogP) is 3.43. The number of hydrogen-bond acceptors (Lipinski definition) is 2. The topological polar surface area (TPSA) is 74.8 Å². The van der Waals surface area contributed by atoms with Crippen molar-refractivity contribution in [3.8, 4) is 0 Å². The first-order valence-corrected chi connectivity index (χ1v) is 9.43. The minimum atomic E-state index is -0.511. The van der Waals surface area contributed by atoms with Crippen LogP contribution in [0.2, 0.25) is 0 Å². The van der Waals surface area contributed by atoms with Gasteiger partial charge in [0.15, 0.2) is 6.54 Å². The Morgan fingerprint density at radius 1 is 1.00 bits per heavy atom. The van der Waals surface area contributed by atoms with Crippen LogP contribution in [-0.4, -0.2) is 18.5 Å². The van der Waals surface area contributed by atoms with Crippen LogP contribution in [0, 0.1) is 13.8 Å². The normalized spacial score (nSPS) is 11.8. The molecule has 0 unspecified atom stereocenters. The number of nitrogens with two attached hydrogens (primary N) is 1. The average Bonchev–Trinajstić information content (AvgIpc) is 2.68. The van der Waals surface area contributed by atoms with Gasteiger partial charge in [-0.15, -0.1) is 0 Å². The molecule has 0 aliphatic heterocycles. The molecule has 5 nitrogen and oxygen atoms in total. The van der Waals surface area contributed by atoms with Crippen molar-refractivity contribution in [2.75, 3.05) is 11.9 Å². The largest absolute Gasteiger partial charge is 0.332 e. The van der Waals surface area contributed by atoms with E-state index in [4.69, 9.17) is 0 Å². The molecule has 0 bridgehead atoms. The summed E-state index contributed by atoms with van der Waals surface area (Å²) < 4.78 is 0. The highest BCUT2D eigenvalue weighted by Gasteiger charge is 2.16. The number of amides is 3. The van der Waals surface area contributed by atoms with Gasteiger partial charge in [0, 0.05) is 11.3 Å². The summed E-state index contributed by atoms with van der Waals surface area (Å²) in [6.45, 7) is 6.15. The Balaban J connectivity index is 1.55. The van der Waals surface area contributed by atoms with Crippen molar-refractivity contribution in [2.24, 2.45) is 0 Å². The molecule has 0 aliphatic rings. The fourth-order valence-electron chi connectivity index (χ4n) is 3.34. The van der Waals surface area contributed by atoms with Gasteiger partial charge in [0.25, 0.3) is 5.91 Å². The van der Waals surface area contributed by atoms with Crippen molar-refractivity contribution < 1.29 is 14.9 Å².